The van der Waals surface area contributed by atoms with E-state index in [0.29, 0.717) is 6.54 Å². The van der Waals surface area contributed by atoms with Crippen molar-refractivity contribution < 1.29 is 4.79 Å². The first-order valence-electron chi connectivity index (χ1n) is 8.68. The fraction of sp³-hybridized carbons (Fsp3) is 0.421. The molecule has 1 saturated carbocycles. The van der Waals surface area contributed by atoms with Gasteiger partial charge in [0.2, 0.25) is 5.91 Å². The molecule has 6 heteroatoms. The minimum Gasteiger partial charge on any atom is -0.349 e. The fourth-order valence-corrected chi connectivity index (χ4v) is 5.47. The molecule has 130 valence electrons. The quantitative estimate of drug-likeness (QED) is 0.719. The van der Waals surface area contributed by atoms with E-state index in [1.54, 1.807) is 22.7 Å². The molecule has 25 heavy (non-hydrogen) atoms. The average Bonchev–Trinajstić information content (AvgIpc) is 3.32. The second kappa shape index (κ2) is 6.84. The maximum absolute atomic E-state index is 13.0. The number of aromatic nitrogens is 2. The van der Waals surface area contributed by atoms with Crippen LogP contribution in [0.5, 0.6) is 0 Å². The Hall–Kier alpha value is -1.79. The summed E-state index contributed by atoms with van der Waals surface area (Å²) >= 11 is 3.32. The van der Waals surface area contributed by atoms with E-state index < -0.39 is 0 Å². The number of amides is 1. The lowest BCUT2D eigenvalue weighted by atomic mass is 9.82. The van der Waals surface area contributed by atoms with E-state index in [1.807, 2.05) is 30.5 Å². The van der Waals surface area contributed by atoms with Crippen molar-refractivity contribution in [1.29, 1.82) is 0 Å². The fourth-order valence-electron chi connectivity index (χ4n) is 3.65. The third kappa shape index (κ3) is 3.46. The normalized spacial score (nSPS) is 16.4. The number of nitrogens with zero attached hydrogens (tertiary/aromatic N) is 2. The van der Waals surface area contributed by atoms with Gasteiger partial charge in [0, 0.05) is 17.5 Å². The molecule has 1 fully saturated rings. The first-order chi connectivity index (χ1) is 12.1. The summed E-state index contributed by atoms with van der Waals surface area (Å²) in [6.07, 6.45) is 4.88. The van der Waals surface area contributed by atoms with Gasteiger partial charge < -0.3 is 5.32 Å². The van der Waals surface area contributed by atoms with E-state index in [9.17, 15) is 4.79 Å². The molecule has 3 aromatic rings. The van der Waals surface area contributed by atoms with Crippen molar-refractivity contribution in [2.75, 3.05) is 0 Å². The van der Waals surface area contributed by atoms with Crippen molar-refractivity contribution in [2.24, 2.45) is 5.41 Å². The SMILES string of the molecule is Cc1csc(CNC(=O)C2(Cc3nc4ccccc4s3)CCCC2)n1. The second-order valence-corrected chi connectivity index (χ2v) is 8.86. The number of fused-ring (bicyclic) bond motifs is 1. The standard InChI is InChI=1S/C19H21N3OS2/c1-13-12-24-17(21-13)11-20-18(23)19(8-4-5-9-19)10-16-22-14-6-2-3-7-15(14)25-16/h2-3,6-7,12H,4-5,8-11H2,1H3,(H,20,23). The lowest BCUT2D eigenvalue weighted by molar-refractivity contribution is -0.131. The number of thiazole rings is 2. The summed E-state index contributed by atoms with van der Waals surface area (Å²) in [5.74, 6) is 0.164. The number of rotatable bonds is 5. The molecule has 1 amide bonds. The number of benzene rings is 1. The van der Waals surface area contributed by atoms with Crippen LogP contribution in [0.1, 0.15) is 41.4 Å². The van der Waals surface area contributed by atoms with Gasteiger partial charge in [-0.15, -0.1) is 22.7 Å². The van der Waals surface area contributed by atoms with Gasteiger partial charge in [-0.25, -0.2) is 9.97 Å². The molecule has 4 rings (SSSR count). The lowest BCUT2D eigenvalue weighted by Crippen LogP contribution is -2.40. The van der Waals surface area contributed by atoms with Crippen LogP contribution in [0.15, 0.2) is 29.6 Å². The van der Waals surface area contributed by atoms with Gasteiger partial charge in [-0.2, -0.15) is 0 Å². The van der Waals surface area contributed by atoms with Gasteiger partial charge in [0.05, 0.1) is 27.2 Å². The molecule has 0 spiro atoms. The maximum Gasteiger partial charge on any atom is 0.226 e. The summed E-state index contributed by atoms with van der Waals surface area (Å²) in [6, 6.07) is 8.20. The Labute approximate surface area is 155 Å². The van der Waals surface area contributed by atoms with Crippen molar-refractivity contribution in [3.8, 4) is 0 Å². The van der Waals surface area contributed by atoms with Crippen LogP contribution in [0.4, 0.5) is 0 Å². The molecule has 0 aliphatic heterocycles. The van der Waals surface area contributed by atoms with Gasteiger partial charge in [-0.3, -0.25) is 4.79 Å². The monoisotopic (exact) mass is 371 g/mol. The van der Waals surface area contributed by atoms with E-state index >= 15 is 0 Å². The Morgan fingerprint density at radius 3 is 2.72 bits per heavy atom. The van der Waals surface area contributed by atoms with E-state index in [1.165, 1.54) is 4.70 Å². The molecule has 0 atom stereocenters. The molecule has 1 aliphatic rings. The molecule has 1 N–H and O–H groups in total. The third-order valence-corrected chi connectivity index (χ3v) is 6.94. The Balaban J connectivity index is 1.51. The van der Waals surface area contributed by atoms with Crippen LogP contribution in [0.3, 0.4) is 0 Å². The van der Waals surface area contributed by atoms with E-state index in [0.717, 1.165) is 53.3 Å². The van der Waals surface area contributed by atoms with Crippen molar-refractivity contribution in [1.82, 2.24) is 15.3 Å². The van der Waals surface area contributed by atoms with Crippen LogP contribution >= 0.6 is 22.7 Å². The zero-order valence-electron chi connectivity index (χ0n) is 14.2. The molecule has 1 aromatic carbocycles. The van der Waals surface area contributed by atoms with Crippen molar-refractivity contribution in [3.05, 3.63) is 45.4 Å². The lowest BCUT2D eigenvalue weighted by Gasteiger charge is -2.26. The summed E-state index contributed by atoms with van der Waals surface area (Å²) in [6.45, 7) is 2.51. The Bertz CT molecular complexity index is 860. The van der Waals surface area contributed by atoms with Gasteiger partial charge in [0.15, 0.2) is 0 Å². The summed E-state index contributed by atoms with van der Waals surface area (Å²) in [7, 11) is 0. The van der Waals surface area contributed by atoms with Gasteiger partial charge in [-0.05, 0) is 31.9 Å². The zero-order chi connectivity index (χ0) is 17.3. The Morgan fingerprint density at radius 1 is 1.20 bits per heavy atom. The van der Waals surface area contributed by atoms with Crippen molar-refractivity contribution >= 4 is 38.8 Å². The number of carbonyl (C=O) groups is 1. The van der Waals surface area contributed by atoms with Crippen LogP contribution in [0.25, 0.3) is 10.2 Å². The van der Waals surface area contributed by atoms with Crippen molar-refractivity contribution in [3.63, 3.8) is 0 Å². The number of carbonyl (C=O) groups excluding carboxylic acids is 1. The first kappa shape index (κ1) is 16.7. The second-order valence-electron chi connectivity index (χ2n) is 6.80. The third-order valence-electron chi connectivity index (χ3n) is 4.94. The highest BCUT2D eigenvalue weighted by atomic mass is 32.1. The highest BCUT2D eigenvalue weighted by Gasteiger charge is 2.41. The summed E-state index contributed by atoms with van der Waals surface area (Å²) in [5, 5.41) is 7.20. The van der Waals surface area contributed by atoms with Crippen molar-refractivity contribution in [2.45, 2.75) is 45.6 Å². The molecular formula is C19H21N3OS2. The van der Waals surface area contributed by atoms with Gasteiger partial charge >= 0.3 is 0 Å². The molecule has 2 aromatic heterocycles. The van der Waals surface area contributed by atoms with Gasteiger partial charge in [-0.1, -0.05) is 25.0 Å². The molecule has 2 heterocycles. The van der Waals surface area contributed by atoms with Crippen LogP contribution in [0, 0.1) is 12.3 Å². The predicted molar refractivity (Wildman–Crippen MR) is 103 cm³/mol. The number of aryl methyl sites for hydroxylation is 1. The topological polar surface area (TPSA) is 54.9 Å². The van der Waals surface area contributed by atoms with Gasteiger partial charge in [0.25, 0.3) is 0 Å². The molecule has 0 saturated heterocycles. The van der Waals surface area contributed by atoms with E-state index in [4.69, 9.17) is 4.98 Å². The zero-order valence-corrected chi connectivity index (χ0v) is 15.9. The molecule has 0 unspecified atom stereocenters. The molecule has 0 bridgehead atoms. The van der Waals surface area contributed by atoms with E-state index in [-0.39, 0.29) is 11.3 Å². The largest absolute Gasteiger partial charge is 0.349 e. The predicted octanol–water partition coefficient (Wildman–Crippen LogP) is 4.48. The highest BCUT2D eigenvalue weighted by Crippen LogP contribution is 2.42. The van der Waals surface area contributed by atoms with Crippen LogP contribution in [-0.4, -0.2) is 15.9 Å². The highest BCUT2D eigenvalue weighted by molar-refractivity contribution is 7.18. The smallest absolute Gasteiger partial charge is 0.226 e. The number of nitrogens with one attached hydrogen (secondary N) is 1. The average molecular weight is 372 g/mol. The maximum atomic E-state index is 13.0. The van der Waals surface area contributed by atoms with E-state index in [2.05, 4.69) is 16.4 Å². The number of hydrogen-bond donors (Lipinski definition) is 1. The molecule has 0 radical (unpaired) electrons. The minimum atomic E-state index is -0.305. The summed E-state index contributed by atoms with van der Waals surface area (Å²) < 4.78 is 1.20. The molecular weight excluding hydrogens is 350 g/mol. The summed E-state index contributed by atoms with van der Waals surface area (Å²) in [5.41, 5.74) is 1.74. The summed E-state index contributed by atoms with van der Waals surface area (Å²) in [4.78, 5) is 22.2. The Morgan fingerprint density at radius 2 is 2.00 bits per heavy atom. The molecule has 4 nitrogen and oxygen atoms in total. The van der Waals surface area contributed by atoms with Crippen LogP contribution in [-0.2, 0) is 17.8 Å². The van der Waals surface area contributed by atoms with Crippen LogP contribution < -0.4 is 5.32 Å². The minimum absolute atomic E-state index is 0.164. The Kier molecular flexibility index (Phi) is 4.56. The number of para-hydroxylation sites is 1. The number of hydrogen-bond acceptors (Lipinski definition) is 5. The van der Waals surface area contributed by atoms with Gasteiger partial charge in [0.1, 0.15) is 5.01 Å². The van der Waals surface area contributed by atoms with Crippen LogP contribution in [0.2, 0.25) is 0 Å². The first-order valence-corrected chi connectivity index (χ1v) is 10.4. The molecule has 1 aliphatic carbocycles.